The van der Waals surface area contributed by atoms with Crippen molar-refractivity contribution in [3.05, 3.63) is 17.8 Å². The quantitative estimate of drug-likeness (QED) is 0.879. The number of pyridine rings is 1. The molecule has 2 atom stereocenters. The molecule has 1 aromatic heterocycles. The molecule has 3 heterocycles. The molecular formula is C16H22N4O3. The number of nitrogens with zero attached hydrogens (tertiary/aromatic N) is 3. The number of likely N-dealkylation sites (tertiary alicyclic amines) is 1. The first-order valence-electron chi connectivity index (χ1n) is 7.87. The number of aromatic nitrogens is 1. The Morgan fingerprint density at radius 3 is 3.00 bits per heavy atom. The molecule has 0 saturated carbocycles. The molecular weight excluding hydrogens is 296 g/mol. The van der Waals surface area contributed by atoms with Gasteiger partial charge in [-0.3, -0.25) is 9.59 Å². The Bertz CT molecular complexity index is 634. The topological polar surface area (TPSA) is 74.8 Å². The zero-order valence-electron chi connectivity index (χ0n) is 13.7. The third kappa shape index (κ3) is 3.09. The molecule has 1 saturated heterocycles. The summed E-state index contributed by atoms with van der Waals surface area (Å²) in [5.74, 6) is 1.25. The van der Waals surface area contributed by atoms with Crippen LogP contribution in [0.25, 0.3) is 0 Å². The first-order valence-corrected chi connectivity index (χ1v) is 7.87. The van der Waals surface area contributed by atoms with Crippen LogP contribution < -0.4 is 10.1 Å². The second-order valence-electron chi connectivity index (χ2n) is 6.25. The molecule has 7 nitrogen and oxygen atoms in total. The molecule has 2 aliphatic heterocycles. The average molecular weight is 318 g/mol. The van der Waals surface area contributed by atoms with E-state index in [1.54, 1.807) is 36.0 Å². The molecule has 124 valence electrons. The van der Waals surface area contributed by atoms with Gasteiger partial charge in [0.1, 0.15) is 6.61 Å². The Morgan fingerprint density at radius 2 is 2.26 bits per heavy atom. The highest BCUT2D eigenvalue weighted by Gasteiger charge is 2.31. The molecule has 1 N–H and O–H groups in total. The van der Waals surface area contributed by atoms with E-state index < -0.39 is 0 Å². The van der Waals surface area contributed by atoms with Gasteiger partial charge in [-0.05, 0) is 19.4 Å². The Kier molecular flexibility index (Phi) is 4.11. The maximum absolute atomic E-state index is 12.6. The van der Waals surface area contributed by atoms with E-state index in [4.69, 9.17) is 4.74 Å². The van der Waals surface area contributed by atoms with Crippen molar-refractivity contribution < 1.29 is 14.3 Å². The van der Waals surface area contributed by atoms with E-state index in [2.05, 4.69) is 10.3 Å². The molecule has 1 fully saturated rings. The number of hydrogen-bond acceptors (Lipinski definition) is 5. The van der Waals surface area contributed by atoms with Crippen LogP contribution in [0.5, 0.6) is 5.75 Å². The highest BCUT2D eigenvalue weighted by atomic mass is 16.5. The van der Waals surface area contributed by atoms with E-state index in [-0.39, 0.29) is 23.9 Å². The van der Waals surface area contributed by atoms with Crippen LogP contribution in [-0.4, -0.2) is 65.4 Å². The number of rotatable bonds is 2. The minimum absolute atomic E-state index is 0.0216. The van der Waals surface area contributed by atoms with Crippen LogP contribution in [0, 0.1) is 0 Å². The molecule has 2 amide bonds. The molecule has 0 bridgehead atoms. The molecule has 0 aliphatic carbocycles. The Morgan fingerprint density at radius 1 is 1.48 bits per heavy atom. The number of likely N-dealkylation sites (N-methyl/N-ethyl adjacent to an activating group) is 1. The Hall–Kier alpha value is -2.31. The largest absolute Gasteiger partial charge is 0.488 e. The number of hydrogen-bond donors (Lipinski definition) is 1. The smallest absolute Gasteiger partial charge is 0.255 e. The van der Waals surface area contributed by atoms with Crippen LogP contribution in [0.2, 0.25) is 0 Å². The van der Waals surface area contributed by atoms with Crippen molar-refractivity contribution in [3.63, 3.8) is 0 Å². The zero-order valence-corrected chi connectivity index (χ0v) is 13.7. The number of amides is 2. The summed E-state index contributed by atoms with van der Waals surface area (Å²) in [4.78, 5) is 31.9. The second-order valence-corrected chi connectivity index (χ2v) is 6.25. The Balaban J connectivity index is 1.71. The van der Waals surface area contributed by atoms with E-state index in [1.807, 2.05) is 6.92 Å². The highest BCUT2D eigenvalue weighted by molar-refractivity contribution is 5.95. The summed E-state index contributed by atoms with van der Waals surface area (Å²) in [6.07, 6.45) is 2.38. The molecule has 23 heavy (non-hydrogen) atoms. The summed E-state index contributed by atoms with van der Waals surface area (Å²) in [5, 5.41) is 3.22. The van der Waals surface area contributed by atoms with Crippen molar-refractivity contribution in [2.45, 2.75) is 32.4 Å². The van der Waals surface area contributed by atoms with Crippen LogP contribution in [0.3, 0.4) is 0 Å². The maximum Gasteiger partial charge on any atom is 0.255 e. The lowest BCUT2D eigenvalue weighted by Crippen LogP contribution is -2.39. The predicted octanol–water partition coefficient (Wildman–Crippen LogP) is 0.967. The minimum atomic E-state index is -0.0676. The van der Waals surface area contributed by atoms with E-state index in [1.165, 1.54) is 0 Å². The van der Waals surface area contributed by atoms with Gasteiger partial charge in [0.25, 0.3) is 5.91 Å². The number of ether oxygens (including phenoxy) is 1. The van der Waals surface area contributed by atoms with E-state index in [9.17, 15) is 9.59 Å². The molecule has 0 aromatic carbocycles. The van der Waals surface area contributed by atoms with E-state index >= 15 is 0 Å². The van der Waals surface area contributed by atoms with Gasteiger partial charge in [-0.25, -0.2) is 4.98 Å². The molecule has 0 radical (unpaired) electrons. The van der Waals surface area contributed by atoms with Crippen LogP contribution >= 0.6 is 0 Å². The standard InChI is InChI=1S/C16H22N4O3/c1-10-9-23-14-6-12(7-17-15(14)18-10)16(22)20-5-4-13(8-20)19(3)11(2)21/h6-7,10,13H,4-5,8-9H2,1-3H3,(H,17,18)/t10-,13-/m0/s1. The fraction of sp³-hybridized carbons (Fsp3) is 0.562. The van der Waals surface area contributed by atoms with E-state index in [0.717, 1.165) is 6.42 Å². The average Bonchev–Trinajstić information content (AvgIpc) is 3.02. The van der Waals surface area contributed by atoms with Gasteiger partial charge in [-0.15, -0.1) is 0 Å². The first kappa shape index (κ1) is 15.6. The van der Waals surface area contributed by atoms with Gasteiger partial charge < -0.3 is 19.9 Å². The molecule has 1 aromatic rings. The third-order valence-electron chi connectivity index (χ3n) is 4.47. The minimum Gasteiger partial charge on any atom is -0.488 e. The third-order valence-corrected chi connectivity index (χ3v) is 4.47. The van der Waals surface area contributed by atoms with Gasteiger partial charge in [0.15, 0.2) is 11.6 Å². The lowest BCUT2D eigenvalue weighted by molar-refractivity contribution is -0.129. The number of nitrogens with one attached hydrogen (secondary N) is 1. The highest BCUT2D eigenvalue weighted by Crippen LogP contribution is 2.28. The van der Waals surface area contributed by atoms with Crippen LogP contribution in [0.15, 0.2) is 12.3 Å². The number of anilines is 1. The number of fused-ring (bicyclic) bond motifs is 1. The summed E-state index contributed by atoms with van der Waals surface area (Å²) in [7, 11) is 1.78. The van der Waals surface area contributed by atoms with Gasteiger partial charge in [-0.2, -0.15) is 0 Å². The zero-order chi connectivity index (χ0) is 16.6. The monoisotopic (exact) mass is 318 g/mol. The fourth-order valence-corrected chi connectivity index (χ4v) is 2.95. The van der Waals surface area contributed by atoms with Crippen molar-refractivity contribution in [1.82, 2.24) is 14.8 Å². The summed E-state index contributed by atoms with van der Waals surface area (Å²) < 4.78 is 5.63. The van der Waals surface area contributed by atoms with Gasteiger partial charge in [0, 0.05) is 33.3 Å². The van der Waals surface area contributed by atoms with Crippen molar-refractivity contribution in [1.29, 1.82) is 0 Å². The summed E-state index contributed by atoms with van der Waals surface area (Å²) in [6, 6.07) is 2.03. The second kappa shape index (κ2) is 6.06. The Labute approximate surface area is 135 Å². The van der Waals surface area contributed by atoms with Crippen molar-refractivity contribution in [2.24, 2.45) is 0 Å². The van der Waals surface area contributed by atoms with Crippen LogP contribution in [0.1, 0.15) is 30.6 Å². The van der Waals surface area contributed by atoms with Crippen molar-refractivity contribution in [3.8, 4) is 5.75 Å². The molecule has 2 aliphatic rings. The van der Waals surface area contributed by atoms with E-state index in [0.29, 0.717) is 36.8 Å². The number of carbonyl (C=O) groups is 2. The molecule has 7 heteroatoms. The summed E-state index contributed by atoms with van der Waals surface area (Å²) in [5.41, 5.74) is 0.520. The first-order chi connectivity index (χ1) is 11.0. The summed E-state index contributed by atoms with van der Waals surface area (Å²) in [6.45, 7) is 5.32. The molecule has 0 spiro atoms. The van der Waals surface area contributed by atoms with Crippen molar-refractivity contribution >= 4 is 17.6 Å². The summed E-state index contributed by atoms with van der Waals surface area (Å²) >= 11 is 0. The molecule has 3 rings (SSSR count). The van der Waals surface area contributed by atoms with Crippen LogP contribution in [-0.2, 0) is 4.79 Å². The SMILES string of the molecule is CC(=O)N(C)[C@H]1CCN(C(=O)c2cnc3c(c2)OC[C@H](C)N3)C1. The fourth-order valence-electron chi connectivity index (χ4n) is 2.95. The van der Waals surface area contributed by atoms with Gasteiger partial charge in [-0.1, -0.05) is 0 Å². The lowest BCUT2D eigenvalue weighted by Gasteiger charge is -2.25. The van der Waals surface area contributed by atoms with Gasteiger partial charge in [0.05, 0.1) is 17.6 Å². The van der Waals surface area contributed by atoms with Gasteiger partial charge in [0.2, 0.25) is 5.91 Å². The van der Waals surface area contributed by atoms with Gasteiger partial charge >= 0.3 is 0 Å². The maximum atomic E-state index is 12.6. The number of carbonyl (C=O) groups excluding carboxylic acids is 2. The lowest BCUT2D eigenvalue weighted by atomic mass is 10.2. The van der Waals surface area contributed by atoms with Crippen molar-refractivity contribution in [2.75, 3.05) is 32.1 Å². The van der Waals surface area contributed by atoms with Crippen LogP contribution in [0.4, 0.5) is 5.82 Å². The normalized spacial score (nSPS) is 22.8. The predicted molar refractivity (Wildman–Crippen MR) is 85.6 cm³/mol. The molecule has 0 unspecified atom stereocenters.